The first-order valence-electron chi connectivity index (χ1n) is 22.8. The standard InChI is InChI=1S/C52H64N6O6S/c1-33-22-27-39(28-43(33)49(62)55-34(2)41-19-15-17-37-16-13-14-18-42(37)41)56-45(60)20-11-9-7-8-10-12-21-46(61)57-48(52(4,5)6)51(64)58-31-40(59)29-44(58)50(63)53-30-36-23-25-38(26-24-36)47-35(3)54-32-65-47/h13-19,22-28,32,34,40,44,48,59H,7-12,20-21,29-31H2,1-6H3,(H,53,63)(H,55,62)(H,56,60)(H,57,61)/t34-,40-,44+,48-/m1/s1. The quantitative estimate of drug-likeness (QED) is 0.0516. The van der Waals surface area contributed by atoms with Crippen LogP contribution < -0.4 is 21.3 Å². The number of aromatic nitrogens is 1. The van der Waals surface area contributed by atoms with Crippen molar-refractivity contribution in [2.45, 2.75) is 130 Å². The lowest BCUT2D eigenvalue weighted by molar-refractivity contribution is -0.144. The van der Waals surface area contributed by atoms with Crippen molar-refractivity contribution in [3.63, 3.8) is 0 Å². The number of aliphatic hydroxyl groups is 1. The summed E-state index contributed by atoms with van der Waals surface area (Å²) in [4.78, 5) is 73.7. The summed E-state index contributed by atoms with van der Waals surface area (Å²) in [5, 5.41) is 24.8. The normalized spacial score (nSPS) is 15.9. The number of likely N-dealkylation sites (tertiary alicyclic amines) is 1. The van der Waals surface area contributed by atoms with Crippen LogP contribution in [-0.2, 0) is 25.7 Å². The highest BCUT2D eigenvalue weighted by atomic mass is 32.1. The van der Waals surface area contributed by atoms with Gasteiger partial charge in [0.1, 0.15) is 12.1 Å². The molecule has 0 aliphatic carbocycles. The third-order valence-electron chi connectivity index (χ3n) is 12.2. The zero-order valence-electron chi connectivity index (χ0n) is 38.5. The predicted molar refractivity (Wildman–Crippen MR) is 258 cm³/mol. The third kappa shape index (κ3) is 13.1. The zero-order chi connectivity index (χ0) is 46.7. The molecule has 1 fully saturated rings. The molecule has 0 bridgehead atoms. The van der Waals surface area contributed by atoms with Crippen LogP contribution in [-0.4, -0.2) is 69.3 Å². The number of anilines is 1. The zero-order valence-corrected chi connectivity index (χ0v) is 39.4. The Balaban J connectivity index is 0.885. The maximum atomic E-state index is 14.0. The van der Waals surface area contributed by atoms with Crippen LogP contribution in [0.3, 0.4) is 0 Å². The molecule has 2 heterocycles. The number of hydrogen-bond acceptors (Lipinski definition) is 8. The van der Waals surface area contributed by atoms with Crippen molar-refractivity contribution in [2.75, 3.05) is 11.9 Å². The van der Waals surface area contributed by atoms with E-state index in [1.807, 2.05) is 108 Å². The first-order chi connectivity index (χ1) is 31.1. The van der Waals surface area contributed by atoms with E-state index in [1.54, 1.807) is 17.4 Å². The summed E-state index contributed by atoms with van der Waals surface area (Å²) in [6.45, 7) is 11.7. The molecule has 4 atom stereocenters. The van der Waals surface area contributed by atoms with E-state index < -0.39 is 23.6 Å². The molecule has 1 aliphatic rings. The van der Waals surface area contributed by atoms with Crippen molar-refractivity contribution < 1.29 is 29.1 Å². The number of carbonyl (C=O) groups excluding carboxylic acids is 5. The topological polar surface area (TPSA) is 170 Å². The van der Waals surface area contributed by atoms with Gasteiger partial charge in [-0.25, -0.2) is 4.98 Å². The minimum atomic E-state index is -0.877. The van der Waals surface area contributed by atoms with Crippen LogP contribution in [0.1, 0.15) is 124 Å². The fourth-order valence-electron chi connectivity index (χ4n) is 8.44. The number of β-amino-alcohol motifs (C(OH)–C–C–N with tert-alkyl or cyclic N) is 1. The van der Waals surface area contributed by atoms with Gasteiger partial charge >= 0.3 is 0 Å². The van der Waals surface area contributed by atoms with Crippen LogP contribution in [0.5, 0.6) is 0 Å². The van der Waals surface area contributed by atoms with E-state index in [2.05, 4.69) is 44.5 Å². The van der Waals surface area contributed by atoms with Crippen molar-refractivity contribution in [1.29, 1.82) is 0 Å². The van der Waals surface area contributed by atoms with E-state index in [9.17, 15) is 29.1 Å². The Labute approximate surface area is 387 Å². The average molecular weight is 901 g/mol. The minimum Gasteiger partial charge on any atom is -0.391 e. The second kappa shape index (κ2) is 22.3. The lowest BCUT2D eigenvalue weighted by Gasteiger charge is -2.35. The number of fused-ring (bicyclic) bond motifs is 1. The van der Waals surface area contributed by atoms with Gasteiger partial charge in [-0.2, -0.15) is 0 Å². The predicted octanol–water partition coefficient (Wildman–Crippen LogP) is 8.94. The number of aliphatic hydroxyl groups excluding tert-OH is 1. The van der Waals surface area contributed by atoms with Gasteiger partial charge in [0.15, 0.2) is 0 Å². The summed E-state index contributed by atoms with van der Waals surface area (Å²) < 4.78 is 0. The summed E-state index contributed by atoms with van der Waals surface area (Å²) in [7, 11) is 0. The maximum Gasteiger partial charge on any atom is 0.252 e. The Kier molecular flexibility index (Phi) is 16.7. The fourth-order valence-corrected chi connectivity index (χ4v) is 9.25. The Hall–Kier alpha value is -5.92. The molecule has 5 amide bonds. The minimum absolute atomic E-state index is 0.0165. The van der Waals surface area contributed by atoms with Crippen LogP contribution in [0.2, 0.25) is 0 Å². The van der Waals surface area contributed by atoms with Gasteiger partial charge in [-0.1, -0.05) is 119 Å². The van der Waals surface area contributed by atoms with E-state index in [1.165, 1.54) is 4.90 Å². The number of carbonyl (C=O) groups is 5. The van der Waals surface area contributed by atoms with Gasteiger partial charge in [0, 0.05) is 43.6 Å². The van der Waals surface area contributed by atoms with Gasteiger partial charge in [-0.3, -0.25) is 24.0 Å². The summed E-state index contributed by atoms with van der Waals surface area (Å²) in [5.41, 5.74) is 7.07. The first kappa shape index (κ1) is 48.5. The van der Waals surface area contributed by atoms with E-state index in [-0.39, 0.29) is 61.5 Å². The smallest absolute Gasteiger partial charge is 0.252 e. The highest BCUT2D eigenvalue weighted by Crippen LogP contribution is 2.29. The van der Waals surface area contributed by atoms with Gasteiger partial charge in [-0.05, 0) is 84.2 Å². The summed E-state index contributed by atoms with van der Waals surface area (Å²) in [6.07, 6.45) is 4.78. The van der Waals surface area contributed by atoms with Crippen molar-refractivity contribution in [3.05, 3.63) is 118 Å². The van der Waals surface area contributed by atoms with Gasteiger partial charge < -0.3 is 31.3 Å². The molecule has 12 nitrogen and oxygen atoms in total. The van der Waals surface area contributed by atoms with Crippen molar-refractivity contribution in [3.8, 4) is 10.4 Å². The monoisotopic (exact) mass is 900 g/mol. The molecular weight excluding hydrogens is 837 g/mol. The second-order valence-electron chi connectivity index (χ2n) is 18.4. The molecule has 1 aliphatic heterocycles. The molecule has 5 aromatic rings. The SMILES string of the molecule is Cc1ccc(NC(=O)CCCCCCCCC(=O)N[C@H](C(=O)N2C[C@H](O)C[C@H]2C(=O)NCc2ccc(-c3scnc3C)cc2)C(C)(C)C)cc1C(=O)N[C@H](C)c1cccc2ccccc12. The molecule has 344 valence electrons. The number of rotatable bonds is 19. The summed E-state index contributed by atoms with van der Waals surface area (Å²) >= 11 is 1.58. The van der Waals surface area contributed by atoms with Gasteiger partial charge in [0.2, 0.25) is 23.6 Å². The average Bonchev–Trinajstić information content (AvgIpc) is 3.90. The third-order valence-corrected chi connectivity index (χ3v) is 13.2. The first-order valence-corrected chi connectivity index (χ1v) is 23.7. The van der Waals surface area contributed by atoms with Crippen LogP contribution in [0.4, 0.5) is 5.69 Å². The molecule has 1 aromatic heterocycles. The fraction of sp³-hybridized carbons (Fsp3) is 0.423. The van der Waals surface area contributed by atoms with Crippen molar-refractivity contribution in [1.82, 2.24) is 25.8 Å². The maximum absolute atomic E-state index is 14.0. The number of hydrogen-bond donors (Lipinski definition) is 5. The molecule has 5 N–H and O–H groups in total. The summed E-state index contributed by atoms with van der Waals surface area (Å²) in [6, 6.07) is 25.5. The Morgan fingerprint density at radius 3 is 2.20 bits per heavy atom. The largest absolute Gasteiger partial charge is 0.391 e. The molecular formula is C52H64N6O6S. The highest BCUT2D eigenvalue weighted by Gasteiger charge is 2.44. The van der Waals surface area contributed by atoms with Gasteiger partial charge in [-0.15, -0.1) is 11.3 Å². The molecule has 0 radical (unpaired) electrons. The number of nitrogens with one attached hydrogen (secondary N) is 4. The van der Waals surface area contributed by atoms with Crippen LogP contribution in [0.25, 0.3) is 21.2 Å². The van der Waals surface area contributed by atoms with Crippen LogP contribution in [0, 0.1) is 19.3 Å². The van der Waals surface area contributed by atoms with Gasteiger partial charge in [0.25, 0.3) is 5.91 Å². The lowest BCUT2D eigenvalue weighted by atomic mass is 9.85. The second-order valence-corrected chi connectivity index (χ2v) is 19.3. The van der Waals surface area contributed by atoms with Crippen LogP contribution >= 0.6 is 11.3 Å². The van der Waals surface area contributed by atoms with E-state index in [0.717, 1.165) is 69.3 Å². The molecule has 0 unspecified atom stereocenters. The van der Waals surface area contributed by atoms with E-state index in [0.29, 0.717) is 30.5 Å². The van der Waals surface area contributed by atoms with Crippen molar-refractivity contribution in [2.24, 2.45) is 5.41 Å². The Bertz CT molecular complexity index is 2450. The van der Waals surface area contributed by atoms with E-state index >= 15 is 0 Å². The number of benzene rings is 4. The number of nitrogens with zero attached hydrogens (tertiary/aromatic N) is 2. The molecule has 0 spiro atoms. The molecule has 4 aromatic carbocycles. The van der Waals surface area contributed by atoms with Gasteiger partial charge in [0.05, 0.1) is 28.2 Å². The molecule has 1 saturated heterocycles. The number of aryl methyl sites for hydroxylation is 2. The van der Waals surface area contributed by atoms with Crippen LogP contribution in [0.15, 0.2) is 90.4 Å². The molecule has 6 rings (SSSR count). The Morgan fingerprint density at radius 2 is 1.51 bits per heavy atom. The van der Waals surface area contributed by atoms with Crippen molar-refractivity contribution >= 4 is 57.3 Å². The van der Waals surface area contributed by atoms with E-state index in [4.69, 9.17) is 0 Å². The number of thiazole rings is 1. The lowest BCUT2D eigenvalue weighted by Crippen LogP contribution is -2.57. The molecule has 0 saturated carbocycles. The number of unbranched alkanes of at least 4 members (excludes halogenated alkanes) is 5. The summed E-state index contributed by atoms with van der Waals surface area (Å²) in [5.74, 6) is -1.27. The molecule has 13 heteroatoms. The number of amides is 5. The Morgan fingerprint density at radius 1 is 0.831 bits per heavy atom. The molecule has 65 heavy (non-hydrogen) atoms. The highest BCUT2D eigenvalue weighted by molar-refractivity contribution is 7.13.